The van der Waals surface area contributed by atoms with Gasteiger partial charge in [0.1, 0.15) is 11.6 Å². The molecule has 1 aliphatic heterocycles. The molecular weight excluding hydrogens is 256 g/mol. The number of aromatic nitrogens is 3. The third-order valence-electron chi connectivity index (χ3n) is 3.65. The summed E-state index contributed by atoms with van der Waals surface area (Å²) in [5, 5.41) is 8.32. The lowest BCUT2D eigenvalue weighted by atomic mass is 10.3. The zero-order valence-corrected chi connectivity index (χ0v) is 11.8. The van der Waals surface area contributed by atoms with Crippen LogP contribution in [-0.2, 0) is 25.9 Å². The SMILES string of the molecule is CCc1ccc(C(=O)N2CCn3c(CC)nnc3C2)o1. The zero-order chi connectivity index (χ0) is 14.1. The molecule has 0 bridgehead atoms. The number of aryl methyl sites for hydroxylation is 2. The minimum Gasteiger partial charge on any atom is -0.456 e. The highest BCUT2D eigenvalue weighted by Crippen LogP contribution is 2.17. The fraction of sp³-hybridized carbons (Fsp3) is 0.500. The molecule has 2 aromatic rings. The quantitative estimate of drug-likeness (QED) is 0.853. The van der Waals surface area contributed by atoms with Crippen molar-refractivity contribution in [2.75, 3.05) is 6.54 Å². The van der Waals surface area contributed by atoms with Crippen molar-refractivity contribution < 1.29 is 9.21 Å². The Labute approximate surface area is 117 Å². The topological polar surface area (TPSA) is 64.2 Å². The van der Waals surface area contributed by atoms with Gasteiger partial charge in [0, 0.05) is 25.9 Å². The predicted octanol–water partition coefficient (Wildman–Crippen LogP) is 1.65. The molecule has 0 aliphatic carbocycles. The molecule has 3 rings (SSSR count). The molecule has 3 heterocycles. The number of rotatable bonds is 3. The molecule has 0 atom stereocenters. The molecule has 0 N–H and O–H groups in total. The first-order valence-electron chi connectivity index (χ1n) is 7.01. The number of nitrogens with zero attached hydrogens (tertiary/aromatic N) is 4. The summed E-state index contributed by atoms with van der Waals surface area (Å²) in [5.41, 5.74) is 0. The number of hydrogen-bond acceptors (Lipinski definition) is 4. The van der Waals surface area contributed by atoms with Crippen molar-refractivity contribution in [2.45, 2.75) is 39.8 Å². The molecule has 0 radical (unpaired) electrons. The standard InChI is InChI=1S/C14H18N4O2/c1-3-10-5-6-11(20-10)14(19)17-7-8-18-12(4-2)15-16-13(18)9-17/h5-6H,3-4,7-9H2,1-2H3. The van der Waals surface area contributed by atoms with Crippen molar-refractivity contribution in [1.29, 1.82) is 0 Å². The molecule has 0 aromatic carbocycles. The Balaban J connectivity index is 1.78. The zero-order valence-electron chi connectivity index (χ0n) is 11.8. The maximum atomic E-state index is 12.4. The van der Waals surface area contributed by atoms with Crippen molar-refractivity contribution in [1.82, 2.24) is 19.7 Å². The molecule has 2 aromatic heterocycles. The number of amides is 1. The summed E-state index contributed by atoms with van der Waals surface area (Å²) < 4.78 is 7.63. The Hall–Kier alpha value is -2.11. The van der Waals surface area contributed by atoms with Crippen LogP contribution in [0, 0.1) is 0 Å². The summed E-state index contributed by atoms with van der Waals surface area (Å²) in [6.07, 6.45) is 1.65. The van der Waals surface area contributed by atoms with E-state index < -0.39 is 0 Å². The second-order valence-corrected chi connectivity index (χ2v) is 4.88. The van der Waals surface area contributed by atoms with Crippen LogP contribution in [0.1, 0.15) is 41.8 Å². The molecule has 6 heteroatoms. The van der Waals surface area contributed by atoms with Gasteiger partial charge in [-0.1, -0.05) is 13.8 Å². The Bertz CT molecular complexity index is 629. The highest BCUT2D eigenvalue weighted by molar-refractivity contribution is 5.91. The number of fused-ring (bicyclic) bond motifs is 1. The second kappa shape index (κ2) is 5.11. The van der Waals surface area contributed by atoms with E-state index in [-0.39, 0.29) is 5.91 Å². The monoisotopic (exact) mass is 274 g/mol. The van der Waals surface area contributed by atoms with Gasteiger partial charge in [-0.15, -0.1) is 10.2 Å². The maximum Gasteiger partial charge on any atom is 0.290 e. The van der Waals surface area contributed by atoms with E-state index in [0.29, 0.717) is 18.8 Å². The summed E-state index contributed by atoms with van der Waals surface area (Å²) in [4.78, 5) is 14.2. The Kier molecular flexibility index (Phi) is 3.30. The van der Waals surface area contributed by atoms with E-state index in [1.807, 2.05) is 13.0 Å². The van der Waals surface area contributed by atoms with Gasteiger partial charge in [-0.05, 0) is 12.1 Å². The lowest BCUT2D eigenvalue weighted by Crippen LogP contribution is -2.38. The van der Waals surface area contributed by atoms with Gasteiger partial charge in [-0.2, -0.15) is 0 Å². The summed E-state index contributed by atoms with van der Waals surface area (Å²) in [5.74, 6) is 3.01. The van der Waals surface area contributed by atoms with Crippen LogP contribution in [0.15, 0.2) is 16.5 Å². The predicted molar refractivity (Wildman–Crippen MR) is 72.2 cm³/mol. The third-order valence-corrected chi connectivity index (χ3v) is 3.65. The minimum atomic E-state index is -0.0722. The van der Waals surface area contributed by atoms with Gasteiger partial charge in [0.05, 0.1) is 6.54 Å². The molecular formula is C14H18N4O2. The first-order chi connectivity index (χ1) is 9.72. The van der Waals surface area contributed by atoms with E-state index in [1.54, 1.807) is 11.0 Å². The van der Waals surface area contributed by atoms with Crippen molar-refractivity contribution in [3.63, 3.8) is 0 Å². The van der Waals surface area contributed by atoms with Crippen LogP contribution < -0.4 is 0 Å². The normalized spacial score (nSPS) is 14.4. The van der Waals surface area contributed by atoms with E-state index in [4.69, 9.17) is 4.42 Å². The van der Waals surface area contributed by atoms with E-state index in [9.17, 15) is 4.79 Å². The maximum absolute atomic E-state index is 12.4. The molecule has 1 aliphatic rings. The van der Waals surface area contributed by atoms with E-state index >= 15 is 0 Å². The molecule has 6 nitrogen and oxygen atoms in total. The highest BCUT2D eigenvalue weighted by Gasteiger charge is 2.26. The van der Waals surface area contributed by atoms with Gasteiger partial charge in [-0.25, -0.2) is 0 Å². The van der Waals surface area contributed by atoms with Crippen molar-refractivity contribution >= 4 is 5.91 Å². The number of carbonyl (C=O) groups excluding carboxylic acids is 1. The van der Waals surface area contributed by atoms with Gasteiger partial charge in [0.15, 0.2) is 11.6 Å². The van der Waals surface area contributed by atoms with Crippen LogP contribution >= 0.6 is 0 Å². The lowest BCUT2D eigenvalue weighted by molar-refractivity contribution is 0.0672. The fourth-order valence-electron chi connectivity index (χ4n) is 2.49. The van der Waals surface area contributed by atoms with Crippen molar-refractivity contribution in [2.24, 2.45) is 0 Å². The van der Waals surface area contributed by atoms with E-state index in [2.05, 4.69) is 21.7 Å². The summed E-state index contributed by atoms with van der Waals surface area (Å²) >= 11 is 0. The van der Waals surface area contributed by atoms with Gasteiger partial charge in [-0.3, -0.25) is 4.79 Å². The van der Waals surface area contributed by atoms with Crippen LogP contribution in [0.2, 0.25) is 0 Å². The Morgan fingerprint density at radius 1 is 1.25 bits per heavy atom. The molecule has 20 heavy (non-hydrogen) atoms. The summed E-state index contributed by atoms with van der Waals surface area (Å²) in [6, 6.07) is 3.60. The third kappa shape index (κ3) is 2.11. The van der Waals surface area contributed by atoms with Crippen LogP contribution in [0.25, 0.3) is 0 Å². The average Bonchev–Trinajstić information content (AvgIpc) is 3.12. The van der Waals surface area contributed by atoms with Crippen LogP contribution in [0.5, 0.6) is 0 Å². The van der Waals surface area contributed by atoms with Crippen LogP contribution in [0.3, 0.4) is 0 Å². The smallest absolute Gasteiger partial charge is 0.290 e. The number of carbonyl (C=O) groups is 1. The molecule has 1 amide bonds. The Morgan fingerprint density at radius 2 is 2.10 bits per heavy atom. The fourth-order valence-corrected chi connectivity index (χ4v) is 2.49. The highest BCUT2D eigenvalue weighted by atomic mass is 16.4. The van der Waals surface area contributed by atoms with Crippen molar-refractivity contribution in [3.05, 3.63) is 35.3 Å². The van der Waals surface area contributed by atoms with Crippen LogP contribution in [0.4, 0.5) is 0 Å². The van der Waals surface area contributed by atoms with E-state index in [1.165, 1.54) is 0 Å². The molecule has 0 unspecified atom stereocenters. The van der Waals surface area contributed by atoms with E-state index in [0.717, 1.165) is 36.8 Å². The minimum absolute atomic E-state index is 0.0722. The first kappa shape index (κ1) is 12.9. The lowest BCUT2D eigenvalue weighted by Gasteiger charge is -2.27. The first-order valence-corrected chi connectivity index (χ1v) is 7.01. The molecule has 0 fully saturated rings. The molecule has 0 saturated carbocycles. The number of furan rings is 1. The van der Waals surface area contributed by atoms with Crippen LogP contribution in [-0.4, -0.2) is 32.1 Å². The molecule has 0 spiro atoms. The van der Waals surface area contributed by atoms with Gasteiger partial charge in [0.25, 0.3) is 5.91 Å². The summed E-state index contributed by atoms with van der Waals surface area (Å²) in [7, 11) is 0. The molecule has 106 valence electrons. The Morgan fingerprint density at radius 3 is 2.80 bits per heavy atom. The van der Waals surface area contributed by atoms with Gasteiger partial charge in [0.2, 0.25) is 0 Å². The van der Waals surface area contributed by atoms with Crippen molar-refractivity contribution in [3.8, 4) is 0 Å². The number of hydrogen-bond donors (Lipinski definition) is 0. The largest absolute Gasteiger partial charge is 0.456 e. The second-order valence-electron chi connectivity index (χ2n) is 4.88. The summed E-state index contributed by atoms with van der Waals surface area (Å²) in [6.45, 7) is 5.97. The molecule has 0 saturated heterocycles. The van der Waals surface area contributed by atoms with Gasteiger partial charge < -0.3 is 13.9 Å². The van der Waals surface area contributed by atoms with Gasteiger partial charge >= 0.3 is 0 Å². The average molecular weight is 274 g/mol.